The molecule has 2 aliphatic rings. The number of thioether (sulfide) groups is 1. The monoisotopic (exact) mass is 387 g/mol. The lowest BCUT2D eigenvalue weighted by Crippen LogP contribution is -2.36. The molecule has 0 saturated carbocycles. The molecular formula is C17H20F3N3O2S. The smallest absolute Gasteiger partial charge is 0.332 e. The van der Waals surface area contributed by atoms with Crippen LogP contribution in [0.1, 0.15) is 31.2 Å². The van der Waals surface area contributed by atoms with E-state index in [1.165, 1.54) is 12.1 Å². The molecule has 3 rings (SSSR count). The van der Waals surface area contributed by atoms with Gasteiger partial charge >= 0.3 is 12.2 Å². The molecule has 2 aliphatic heterocycles. The summed E-state index contributed by atoms with van der Waals surface area (Å²) in [5.74, 6) is 0.599. The zero-order valence-electron chi connectivity index (χ0n) is 13.9. The van der Waals surface area contributed by atoms with E-state index in [2.05, 4.69) is 16.0 Å². The zero-order chi connectivity index (χ0) is 18.7. The number of hydrogen-bond donors (Lipinski definition) is 3. The van der Waals surface area contributed by atoms with Crippen LogP contribution >= 0.6 is 11.8 Å². The number of fused-ring (bicyclic) bond motifs is 1. The zero-order valence-corrected chi connectivity index (χ0v) is 14.8. The summed E-state index contributed by atoms with van der Waals surface area (Å²) in [6.07, 6.45) is -1.80. The lowest BCUT2D eigenvalue weighted by molar-refractivity contribution is -0.137. The Balaban J connectivity index is 1.39. The van der Waals surface area contributed by atoms with Crippen molar-refractivity contribution in [2.45, 2.75) is 49.2 Å². The summed E-state index contributed by atoms with van der Waals surface area (Å²) >= 11 is 1.82. The van der Waals surface area contributed by atoms with Crippen LogP contribution in [-0.2, 0) is 11.0 Å². The van der Waals surface area contributed by atoms with Gasteiger partial charge in [0.05, 0.1) is 17.6 Å². The van der Waals surface area contributed by atoms with Crippen LogP contribution in [0.3, 0.4) is 0 Å². The number of alkyl halides is 3. The van der Waals surface area contributed by atoms with E-state index < -0.39 is 11.7 Å². The van der Waals surface area contributed by atoms with Gasteiger partial charge in [-0.25, -0.2) is 4.79 Å². The molecule has 0 radical (unpaired) electrons. The van der Waals surface area contributed by atoms with E-state index in [1.807, 2.05) is 11.8 Å². The third-order valence-corrected chi connectivity index (χ3v) is 6.06. The topological polar surface area (TPSA) is 70.2 Å². The highest BCUT2D eigenvalue weighted by Gasteiger charge is 2.42. The maximum atomic E-state index is 12.7. The van der Waals surface area contributed by atoms with Crippen LogP contribution in [0.5, 0.6) is 0 Å². The molecule has 9 heteroatoms. The molecule has 3 N–H and O–H groups in total. The fourth-order valence-corrected chi connectivity index (χ4v) is 4.81. The highest BCUT2D eigenvalue weighted by molar-refractivity contribution is 8.00. The number of anilines is 1. The number of rotatable bonds is 6. The van der Waals surface area contributed by atoms with Gasteiger partial charge in [-0.15, -0.1) is 0 Å². The number of urea groups is 1. The van der Waals surface area contributed by atoms with Gasteiger partial charge in [-0.05, 0) is 31.0 Å². The Bertz CT molecular complexity index is 683. The number of halogens is 3. The average molecular weight is 387 g/mol. The number of nitrogens with one attached hydrogen (secondary N) is 3. The van der Waals surface area contributed by atoms with Gasteiger partial charge in [0.1, 0.15) is 0 Å². The van der Waals surface area contributed by atoms with Crippen molar-refractivity contribution >= 4 is 29.4 Å². The quantitative estimate of drug-likeness (QED) is 0.518. The van der Waals surface area contributed by atoms with Crippen LogP contribution in [0.2, 0.25) is 0 Å². The normalized spacial score (nSPS) is 24.7. The molecule has 0 unspecified atom stereocenters. The number of hydrogen-bond acceptors (Lipinski definition) is 3. The van der Waals surface area contributed by atoms with E-state index >= 15 is 0 Å². The maximum absolute atomic E-state index is 12.7. The molecule has 3 atom stereocenters. The van der Waals surface area contributed by atoms with Crippen LogP contribution in [0, 0.1) is 0 Å². The lowest BCUT2D eigenvalue weighted by Gasteiger charge is -2.16. The molecule has 3 amide bonds. The van der Waals surface area contributed by atoms with E-state index in [9.17, 15) is 22.8 Å². The van der Waals surface area contributed by atoms with Gasteiger partial charge < -0.3 is 16.0 Å². The number of carbonyl (C=O) groups excluding carboxylic acids is 2. The molecule has 142 valence electrons. The SMILES string of the molecule is O=C(CCCC[C@@H]1SC[C@@H]2NC(=O)N[C@@H]21)Nc1cccc(C(F)(F)F)c1. The number of carbonyl (C=O) groups is 2. The third kappa shape index (κ3) is 4.63. The Hall–Kier alpha value is -1.90. The highest BCUT2D eigenvalue weighted by Crippen LogP contribution is 2.33. The predicted molar refractivity (Wildman–Crippen MR) is 94.0 cm³/mol. The summed E-state index contributed by atoms with van der Waals surface area (Å²) < 4.78 is 38.0. The van der Waals surface area contributed by atoms with Crippen molar-refractivity contribution in [3.63, 3.8) is 0 Å². The maximum Gasteiger partial charge on any atom is 0.416 e. The van der Waals surface area contributed by atoms with Crippen molar-refractivity contribution in [1.29, 1.82) is 0 Å². The fourth-order valence-electron chi connectivity index (χ4n) is 3.27. The second-order valence-electron chi connectivity index (χ2n) is 6.49. The van der Waals surface area contributed by atoms with Crippen molar-refractivity contribution in [3.8, 4) is 0 Å². The minimum Gasteiger partial charge on any atom is -0.332 e. The fraction of sp³-hybridized carbons (Fsp3) is 0.529. The molecule has 1 aromatic carbocycles. The molecular weight excluding hydrogens is 367 g/mol. The molecule has 0 aliphatic carbocycles. The Morgan fingerprint density at radius 1 is 1.27 bits per heavy atom. The largest absolute Gasteiger partial charge is 0.416 e. The first-order chi connectivity index (χ1) is 12.3. The minimum absolute atomic E-state index is 0.120. The summed E-state index contributed by atoms with van der Waals surface area (Å²) in [5.41, 5.74) is -0.630. The van der Waals surface area contributed by atoms with Crippen LogP contribution in [0.4, 0.5) is 23.7 Å². The molecule has 2 saturated heterocycles. The number of amides is 3. The second kappa shape index (κ2) is 7.77. The van der Waals surface area contributed by atoms with Crippen LogP contribution in [0.15, 0.2) is 24.3 Å². The molecule has 0 bridgehead atoms. The Labute approximate surface area is 153 Å². The first kappa shape index (κ1) is 18.9. The van der Waals surface area contributed by atoms with Crippen LogP contribution < -0.4 is 16.0 Å². The van der Waals surface area contributed by atoms with Crippen molar-refractivity contribution in [2.75, 3.05) is 11.1 Å². The van der Waals surface area contributed by atoms with Crippen LogP contribution in [0.25, 0.3) is 0 Å². The van der Waals surface area contributed by atoms with E-state index in [1.54, 1.807) is 0 Å². The van der Waals surface area contributed by atoms with Gasteiger partial charge in [0.2, 0.25) is 5.91 Å². The van der Waals surface area contributed by atoms with Gasteiger partial charge in [0.15, 0.2) is 0 Å². The molecule has 5 nitrogen and oxygen atoms in total. The van der Waals surface area contributed by atoms with E-state index in [4.69, 9.17) is 0 Å². The second-order valence-corrected chi connectivity index (χ2v) is 7.77. The molecule has 26 heavy (non-hydrogen) atoms. The molecule has 2 heterocycles. The highest BCUT2D eigenvalue weighted by atomic mass is 32.2. The average Bonchev–Trinajstić information content (AvgIpc) is 3.10. The van der Waals surface area contributed by atoms with Crippen molar-refractivity contribution in [3.05, 3.63) is 29.8 Å². The van der Waals surface area contributed by atoms with Gasteiger partial charge in [-0.3, -0.25) is 4.79 Å². The lowest BCUT2D eigenvalue weighted by atomic mass is 10.0. The minimum atomic E-state index is -4.43. The summed E-state index contributed by atoms with van der Waals surface area (Å²) in [6.45, 7) is 0. The molecule has 0 spiro atoms. The predicted octanol–water partition coefficient (Wildman–Crippen LogP) is 3.37. The summed E-state index contributed by atoms with van der Waals surface area (Å²) in [7, 11) is 0. The molecule has 2 fully saturated rings. The first-order valence-corrected chi connectivity index (χ1v) is 9.53. The van der Waals surface area contributed by atoms with Crippen LogP contribution in [-0.4, -0.2) is 35.0 Å². The van der Waals surface area contributed by atoms with Crippen molar-refractivity contribution < 1.29 is 22.8 Å². The molecule has 1 aromatic rings. The van der Waals surface area contributed by atoms with Crippen molar-refractivity contribution in [1.82, 2.24) is 10.6 Å². The van der Waals surface area contributed by atoms with Gasteiger partial charge in [0, 0.05) is 23.1 Å². The summed E-state index contributed by atoms with van der Waals surface area (Å²) in [5, 5.41) is 8.66. The molecule has 0 aromatic heterocycles. The van der Waals surface area contributed by atoms with E-state index in [0.29, 0.717) is 11.7 Å². The third-order valence-electron chi connectivity index (χ3n) is 4.55. The first-order valence-electron chi connectivity index (χ1n) is 8.49. The van der Waals surface area contributed by atoms with Gasteiger partial charge in [-0.2, -0.15) is 24.9 Å². The standard InChI is InChI=1S/C17H20F3N3O2S/c18-17(19,20)10-4-3-5-11(8-10)21-14(24)7-2-1-6-13-15-12(9-26-13)22-16(25)23-15/h3-5,8,12-13,15H,1-2,6-7,9H2,(H,21,24)(H2,22,23,25)/t12-,13-,15-/m0/s1. The van der Waals surface area contributed by atoms with E-state index in [-0.39, 0.29) is 36.1 Å². The van der Waals surface area contributed by atoms with Gasteiger partial charge in [-0.1, -0.05) is 12.5 Å². The Morgan fingerprint density at radius 2 is 2.08 bits per heavy atom. The number of benzene rings is 1. The van der Waals surface area contributed by atoms with Gasteiger partial charge in [0.25, 0.3) is 0 Å². The Morgan fingerprint density at radius 3 is 2.85 bits per heavy atom. The van der Waals surface area contributed by atoms with E-state index in [0.717, 1.165) is 30.7 Å². The Kier molecular flexibility index (Phi) is 5.64. The van der Waals surface area contributed by atoms with Crippen molar-refractivity contribution in [2.24, 2.45) is 0 Å². The number of unbranched alkanes of at least 4 members (excludes halogenated alkanes) is 1. The summed E-state index contributed by atoms with van der Waals surface area (Å²) in [6, 6.07) is 4.83. The summed E-state index contributed by atoms with van der Waals surface area (Å²) in [4.78, 5) is 23.3.